The van der Waals surface area contributed by atoms with Gasteiger partial charge >= 0.3 is 0 Å². The fourth-order valence-electron chi connectivity index (χ4n) is 1.60. The summed E-state index contributed by atoms with van der Waals surface area (Å²) in [6.07, 6.45) is 1.61. The molecule has 1 amide bonds. The molecule has 0 aliphatic rings. The van der Waals surface area contributed by atoms with Crippen LogP contribution in [0.5, 0.6) is 0 Å². The third-order valence-electron chi connectivity index (χ3n) is 2.75. The molecule has 1 atom stereocenters. The van der Waals surface area contributed by atoms with E-state index in [1.165, 1.54) is 0 Å². The molecule has 0 fully saturated rings. The van der Waals surface area contributed by atoms with Crippen LogP contribution in [0, 0.1) is 0 Å². The van der Waals surface area contributed by atoms with Crippen LogP contribution in [0.4, 0.5) is 0 Å². The predicted molar refractivity (Wildman–Crippen MR) is 74.2 cm³/mol. The van der Waals surface area contributed by atoms with Crippen molar-refractivity contribution in [1.82, 2.24) is 10.2 Å². The second kappa shape index (κ2) is 8.26. The number of nitrogens with zero attached hydrogens (tertiary/aromatic N) is 1. The Morgan fingerprint density at radius 2 is 2.06 bits per heavy atom. The molecule has 0 saturated carbocycles. The van der Waals surface area contributed by atoms with Crippen LogP contribution in [0.25, 0.3) is 0 Å². The Balaban J connectivity index is 4.40. The van der Waals surface area contributed by atoms with Crippen LogP contribution in [0.3, 0.4) is 0 Å². The maximum absolute atomic E-state index is 11.6. The van der Waals surface area contributed by atoms with Crippen molar-refractivity contribution in [1.29, 1.82) is 0 Å². The van der Waals surface area contributed by atoms with E-state index in [1.807, 2.05) is 18.7 Å². The van der Waals surface area contributed by atoms with Gasteiger partial charge in [-0.25, -0.2) is 8.42 Å². The number of nitrogens with one attached hydrogen (secondary N) is 1. The highest BCUT2D eigenvalue weighted by molar-refractivity contribution is 7.91. The number of likely N-dealkylation sites (N-methyl/N-ethyl adjacent to an activating group) is 1. The molecule has 0 aromatic heterocycles. The average Bonchev–Trinajstić information content (AvgIpc) is 2.32. The van der Waals surface area contributed by atoms with Crippen LogP contribution in [0.15, 0.2) is 12.7 Å². The van der Waals surface area contributed by atoms with Gasteiger partial charge in [-0.05, 0) is 13.5 Å². The van der Waals surface area contributed by atoms with Gasteiger partial charge in [0.15, 0.2) is 9.84 Å². The quantitative estimate of drug-likeness (QED) is 0.620. The molecule has 0 aliphatic carbocycles. The highest BCUT2D eigenvalue weighted by atomic mass is 32.2. The van der Waals surface area contributed by atoms with Crippen LogP contribution in [-0.2, 0) is 14.6 Å². The summed E-state index contributed by atoms with van der Waals surface area (Å²) in [5.41, 5.74) is 0. The van der Waals surface area contributed by atoms with E-state index in [0.717, 1.165) is 0 Å². The second-order valence-electron chi connectivity index (χ2n) is 4.20. The molecule has 0 heterocycles. The Morgan fingerprint density at radius 1 is 1.44 bits per heavy atom. The van der Waals surface area contributed by atoms with Crippen LogP contribution in [0.2, 0.25) is 0 Å². The van der Waals surface area contributed by atoms with Crippen LogP contribution in [0.1, 0.15) is 20.8 Å². The molecule has 0 spiro atoms. The van der Waals surface area contributed by atoms with E-state index in [1.54, 1.807) is 13.0 Å². The molecule has 0 bridgehead atoms. The average molecular weight is 276 g/mol. The molecule has 106 valence electrons. The van der Waals surface area contributed by atoms with Gasteiger partial charge < -0.3 is 5.32 Å². The maximum atomic E-state index is 11.6. The molecule has 18 heavy (non-hydrogen) atoms. The van der Waals surface area contributed by atoms with Crippen molar-refractivity contribution < 1.29 is 13.2 Å². The maximum Gasteiger partial charge on any atom is 0.234 e. The van der Waals surface area contributed by atoms with Crippen LogP contribution >= 0.6 is 0 Å². The molecular formula is C12H24N2O3S. The van der Waals surface area contributed by atoms with E-state index in [-0.39, 0.29) is 30.0 Å². The Bertz CT molecular complexity index is 366. The standard InChI is InChI=1S/C12H24N2O3S/c1-5-8-13-12(15)9-14(6-2)11(4)10-18(16,17)7-3/h5,11H,1,6-10H2,2-4H3,(H,13,15). The Kier molecular flexibility index (Phi) is 7.86. The van der Waals surface area contributed by atoms with Crippen molar-refractivity contribution in [2.45, 2.75) is 26.8 Å². The topological polar surface area (TPSA) is 66.5 Å². The van der Waals surface area contributed by atoms with E-state index in [4.69, 9.17) is 0 Å². The highest BCUT2D eigenvalue weighted by Crippen LogP contribution is 2.03. The minimum absolute atomic E-state index is 0.0894. The number of rotatable bonds is 9. The van der Waals surface area contributed by atoms with Gasteiger partial charge in [0.25, 0.3) is 0 Å². The number of amides is 1. The molecule has 1 unspecified atom stereocenters. The van der Waals surface area contributed by atoms with Gasteiger partial charge in [-0.3, -0.25) is 9.69 Å². The van der Waals surface area contributed by atoms with Gasteiger partial charge in [-0.2, -0.15) is 0 Å². The first-order valence-electron chi connectivity index (χ1n) is 6.18. The lowest BCUT2D eigenvalue weighted by Crippen LogP contribution is -2.44. The Hall–Kier alpha value is -0.880. The number of carbonyl (C=O) groups is 1. The first-order valence-corrected chi connectivity index (χ1v) is 8.00. The number of carbonyl (C=O) groups excluding carboxylic acids is 1. The third-order valence-corrected chi connectivity index (χ3v) is 4.62. The molecule has 0 saturated heterocycles. The molecule has 0 aromatic rings. The molecule has 0 radical (unpaired) electrons. The fourth-order valence-corrected chi connectivity index (χ4v) is 2.78. The van der Waals surface area contributed by atoms with Gasteiger partial charge in [0.2, 0.25) is 5.91 Å². The monoisotopic (exact) mass is 276 g/mol. The lowest BCUT2D eigenvalue weighted by atomic mass is 10.3. The van der Waals surface area contributed by atoms with Crippen molar-refractivity contribution in [3.63, 3.8) is 0 Å². The van der Waals surface area contributed by atoms with Gasteiger partial charge in [-0.1, -0.05) is 19.9 Å². The molecule has 6 heteroatoms. The molecule has 5 nitrogen and oxygen atoms in total. The van der Waals surface area contributed by atoms with E-state index in [0.29, 0.717) is 13.1 Å². The summed E-state index contributed by atoms with van der Waals surface area (Å²) in [4.78, 5) is 13.4. The van der Waals surface area contributed by atoms with Gasteiger partial charge in [0.05, 0.1) is 12.3 Å². The van der Waals surface area contributed by atoms with Crippen LogP contribution in [-0.4, -0.2) is 56.4 Å². The van der Waals surface area contributed by atoms with E-state index in [2.05, 4.69) is 11.9 Å². The molecular weight excluding hydrogens is 252 g/mol. The van der Waals surface area contributed by atoms with Gasteiger partial charge in [0.1, 0.15) is 0 Å². The smallest absolute Gasteiger partial charge is 0.234 e. The van der Waals surface area contributed by atoms with Crippen molar-refractivity contribution in [3.8, 4) is 0 Å². The van der Waals surface area contributed by atoms with Crippen molar-refractivity contribution in [2.75, 3.05) is 31.1 Å². The normalized spacial score (nSPS) is 13.3. The van der Waals surface area contributed by atoms with E-state index >= 15 is 0 Å². The zero-order valence-electron chi connectivity index (χ0n) is 11.5. The minimum atomic E-state index is -3.02. The number of hydrogen-bond acceptors (Lipinski definition) is 4. The minimum Gasteiger partial charge on any atom is -0.352 e. The lowest BCUT2D eigenvalue weighted by molar-refractivity contribution is -0.122. The van der Waals surface area contributed by atoms with Crippen molar-refractivity contribution in [3.05, 3.63) is 12.7 Å². The van der Waals surface area contributed by atoms with Crippen molar-refractivity contribution in [2.24, 2.45) is 0 Å². The summed E-state index contributed by atoms with van der Waals surface area (Å²) < 4.78 is 23.1. The Labute approximate surface area is 110 Å². The molecule has 0 aromatic carbocycles. The fraction of sp³-hybridized carbons (Fsp3) is 0.750. The first kappa shape index (κ1) is 17.1. The SMILES string of the molecule is C=CCNC(=O)CN(CC)C(C)CS(=O)(=O)CC. The summed E-state index contributed by atoms with van der Waals surface area (Å²) in [6, 6.07) is -0.158. The highest BCUT2D eigenvalue weighted by Gasteiger charge is 2.20. The molecule has 0 aliphatic heterocycles. The van der Waals surface area contributed by atoms with Gasteiger partial charge in [0, 0.05) is 18.3 Å². The summed E-state index contributed by atoms with van der Waals surface area (Å²) >= 11 is 0. The van der Waals surface area contributed by atoms with Gasteiger partial charge in [-0.15, -0.1) is 6.58 Å². The predicted octanol–water partition coefficient (Wildman–Crippen LogP) is 0.434. The zero-order chi connectivity index (χ0) is 14.2. The van der Waals surface area contributed by atoms with Crippen molar-refractivity contribution >= 4 is 15.7 Å². The third kappa shape index (κ3) is 6.76. The molecule has 0 rings (SSSR count). The zero-order valence-corrected chi connectivity index (χ0v) is 12.3. The van der Waals surface area contributed by atoms with E-state index < -0.39 is 9.84 Å². The number of sulfone groups is 1. The Morgan fingerprint density at radius 3 is 2.50 bits per heavy atom. The van der Waals surface area contributed by atoms with Crippen LogP contribution < -0.4 is 5.32 Å². The number of hydrogen-bond donors (Lipinski definition) is 1. The summed E-state index contributed by atoms with van der Waals surface area (Å²) in [5.74, 6) is 0.112. The molecule has 1 N–H and O–H groups in total. The first-order chi connectivity index (χ1) is 8.36. The second-order valence-corrected chi connectivity index (χ2v) is 6.60. The summed E-state index contributed by atoms with van der Waals surface area (Å²) in [7, 11) is -3.02. The van der Waals surface area contributed by atoms with E-state index in [9.17, 15) is 13.2 Å². The summed E-state index contributed by atoms with van der Waals surface area (Å²) in [5, 5.41) is 2.68. The lowest BCUT2D eigenvalue weighted by Gasteiger charge is -2.26. The largest absolute Gasteiger partial charge is 0.352 e. The summed E-state index contributed by atoms with van der Waals surface area (Å²) in [6.45, 7) is 10.2.